The van der Waals surface area contributed by atoms with Gasteiger partial charge in [-0.2, -0.15) is 0 Å². The number of fused-ring (bicyclic) bond motifs is 1. The molecule has 0 saturated carbocycles. The molecule has 5 heteroatoms. The van der Waals surface area contributed by atoms with E-state index in [0.29, 0.717) is 17.7 Å². The van der Waals surface area contributed by atoms with Gasteiger partial charge >= 0.3 is 4.87 Å². The van der Waals surface area contributed by atoms with Crippen LogP contribution >= 0.6 is 11.3 Å². The number of ketones is 1. The lowest BCUT2D eigenvalue weighted by Gasteiger charge is -2.05. The summed E-state index contributed by atoms with van der Waals surface area (Å²) in [6.45, 7) is 2.20. The van der Waals surface area contributed by atoms with Crippen LogP contribution in [0.2, 0.25) is 0 Å². The normalized spacial score (nSPS) is 12.6. The number of hydrogen-bond acceptors (Lipinski definition) is 4. The lowest BCUT2D eigenvalue weighted by molar-refractivity contribution is 0.103. The third-order valence-electron chi connectivity index (χ3n) is 5.56. The summed E-state index contributed by atoms with van der Waals surface area (Å²) in [5.74, 6) is 0.0180. The van der Waals surface area contributed by atoms with E-state index in [-0.39, 0.29) is 16.5 Å². The van der Waals surface area contributed by atoms with Crippen LogP contribution in [-0.2, 0) is 19.3 Å². The second-order valence-electron chi connectivity index (χ2n) is 7.83. The van der Waals surface area contributed by atoms with Crippen molar-refractivity contribution in [2.75, 3.05) is 0 Å². The van der Waals surface area contributed by atoms with Crippen LogP contribution in [0.15, 0.2) is 52.8 Å². The van der Waals surface area contributed by atoms with Crippen LogP contribution in [0.4, 0.5) is 0 Å². The summed E-state index contributed by atoms with van der Waals surface area (Å²) in [7, 11) is 0. The van der Waals surface area contributed by atoms with E-state index in [9.17, 15) is 14.7 Å². The standard InChI is InChI=1S/C25H25NO3S/c1-2-3-4-5-16-6-9-18(10-7-16)23(27)21-14-19-11-8-17(12-20(19)15-21)13-22-24(28)26-25(29)30-22/h6-12,15,28H,2-5,13-14H2,1H3,(H,26,29). The molecule has 0 fully saturated rings. The van der Waals surface area contributed by atoms with Crippen LogP contribution in [0.1, 0.15) is 63.7 Å². The van der Waals surface area contributed by atoms with E-state index in [0.717, 1.165) is 45.6 Å². The minimum atomic E-state index is -0.257. The maximum atomic E-state index is 13.0. The highest BCUT2D eigenvalue weighted by Gasteiger charge is 2.20. The summed E-state index contributed by atoms with van der Waals surface area (Å²) < 4.78 is 0. The Balaban J connectivity index is 1.47. The number of aromatic nitrogens is 1. The molecule has 1 aromatic heterocycles. The Morgan fingerprint density at radius 1 is 1.10 bits per heavy atom. The molecule has 4 rings (SSSR count). The zero-order chi connectivity index (χ0) is 21.1. The second-order valence-corrected chi connectivity index (χ2v) is 8.89. The molecule has 0 radical (unpaired) electrons. The van der Waals surface area contributed by atoms with Crippen molar-refractivity contribution in [3.63, 3.8) is 0 Å². The summed E-state index contributed by atoms with van der Waals surface area (Å²) >= 11 is 1.02. The fourth-order valence-corrected chi connectivity index (χ4v) is 4.64. The molecular weight excluding hydrogens is 394 g/mol. The Kier molecular flexibility index (Phi) is 6.00. The largest absolute Gasteiger partial charge is 0.494 e. The zero-order valence-corrected chi connectivity index (χ0v) is 17.8. The molecule has 3 aromatic rings. The topological polar surface area (TPSA) is 70.2 Å². The number of unbranched alkanes of at least 4 members (excludes halogenated alkanes) is 2. The van der Waals surface area contributed by atoms with Gasteiger partial charge in [0.05, 0.1) is 4.88 Å². The molecule has 154 valence electrons. The Hall–Kier alpha value is -2.92. The highest BCUT2D eigenvalue weighted by atomic mass is 32.1. The summed E-state index contributed by atoms with van der Waals surface area (Å²) in [4.78, 5) is 27.1. The second kappa shape index (κ2) is 8.84. The Morgan fingerprint density at radius 2 is 1.87 bits per heavy atom. The fraction of sp³-hybridized carbons (Fsp3) is 0.280. The zero-order valence-electron chi connectivity index (χ0n) is 17.0. The molecule has 30 heavy (non-hydrogen) atoms. The number of allylic oxidation sites excluding steroid dienone is 1. The van der Waals surface area contributed by atoms with Crippen molar-refractivity contribution in [3.8, 4) is 5.88 Å². The van der Waals surface area contributed by atoms with Crippen molar-refractivity contribution in [3.05, 3.63) is 90.4 Å². The van der Waals surface area contributed by atoms with Crippen molar-refractivity contribution in [2.45, 2.75) is 45.4 Å². The maximum Gasteiger partial charge on any atom is 0.307 e. The van der Waals surface area contributed by atoms with E-state index < -0.39 is 0 Å². The van der Waals surface area contributed by atoms with Gasteiger partial charge in [-0.1, -0.05) is 73.6 Å². The third kappa shape index (κ3) is 4.46. The van der Waals surface area contributed by atoms with Gasteiger partial charge in [-0.05, 0) is 41.2 Å². The highest BCUT2D eigenvalue weighted by Crippen LogP contribution is 2.30. The Labute approximate surface area is 179 Å². The number of hydrogen-bond donors (Lipinski definition) is 2. The minimum absolute atomic E-state index is 0.0601. The number of nitrogens with one attached hydrogen (secondary N) is 1. The summed E-state index contributed by atoms with van der Waals surface area (Å²) in [5.41, 5.74) is 5.98. The lowest BCUT2D eigenvalue weighted by Crippen LogP contribution is -2.03. The van der Waals surface area contributed by atoms with Crippen molar-refractivity contribution in [1.29, 1.82) is 0 Å². The van der Waals surface area contributed by atoms with E-state index >= 15 is 0 Å². The number of H-pyrrole nitrogens is 1. The summed E-state index contributed by atoms with van der Waals surface area (Å²) in [5, 5.41) is 9.81. The predicted octanol–water partition coefficient (Wildman–Crippen LogP) is 5.29. The van der Waals surface area contributed by atoms with Crippen LogP contribution in [-0.4, -0.2) is 15.9 Å². The van der Waals surface area contributed by atoms with E-state index in [1.54, 1.807) is 0 Å². The number of benzene rings is 2. The first kappa shape index (κ1) is 20.4. The van der Waals surface area contributed by atoms with E-state index in [1.807, 2.05) is 36.4 Å². The molecule has 1 aliphatic rings. The first-order chi connectivity index (χ1) is 14.5. The molecule has 0 unspecified atom stereocenters. The molecule has 1 aliphatic carbocycles. The van der Waals surface area contributed by atoms with Crippen molar-refractivity contribution in [1.82, 2.24) is 4.98 Å². The average Bonchev–Trinajstić information content (AvgIpc) is 3.30. The SMILES string of the molecule is CCCCCc1ccc(C(=O)C2=Cc3cc(Cc4sc(=O)[nH]c4O)ccc3C2)cc1. The fourth-order valence-electron chi connectivity index (χ4n) is 3.88. The average molecular weight is 420 g/mol. The lowest BCUT2D eigenvalue weighted by atomic mass is 9.99. The highest BCUT2D eigenvalue weighted by molar-refractivity contribution is 7.09. The summed E-state index contributed by atoms with van der Waals surface area (Å²) in [6.07, 6.45) is 7.77. The molecule has 0 amide bonds. The van der Waals surface area contributed by atoms with Gasteiger partial charge in [0.2, 0.25) is 5.88 Å². The smallest absolute Gasteiger partial charge is 0.307 e. The van der Waals surface area contributed by atoms with Gasteiger partial charge < -0.3 is 5.11 Å². The van der Waals surface area contributed by atoms with Gasteiger partial charge in [-0.3, -0.25) is 14.6 Å². The number of thiazole rings is 1. The van der Waals surface area contributed by atoms with Gasteiger partial charge in [-0.25, -0.2) is 0 Å². The number of Topliss-reactive ketones (excluding diaryl/α,β-unsaturated/α-hetero) is 1. The summed E-state index contributed by atoms with van der Waals surface area (Å²) in [6, 6.07) is 14.1. The number of aromatic amines is 1. The van der Waals surface area contributed by atoms with Crippen LogP contribution in [0.3, 0.4) is 0 Å². The van der Waals surface area contributed by atoms with Crippen molar-refractivity contribution >= 4 is 23.2 Å². The molecule has 0 aliphatic heterocycles. The van der Waals surface area contributed by atoms with Crippen molar-refractivity contribution in [2.24, 2.45) is 0 Å². The van der Waals surface area contributed by atoms with E-state index in [1.165, 1.54) is 24.8 Å². The molecule has 2 N–H and O–H groups in total. The molecule has 1 heterocycles. The molecule has 0 bridgehead atoms. The Bertz CT molecular complexity index is 1150. The first-order valence-electron chi connectivity index (χ1n) is 10.4. The quantitative estimate of drug-likeness (QED) is 0.385. The molecular formula is C25H25NO3S. The van der Waals surface area contributed by atoms with Crippen LogP contribution in [0, 0.1) is 0 Å². The first-order valence-corrected chi connectivity index (χ1v) is 11.2. The number of carbonyl (C=O) groups is 1. The molecule has 0 saturated heterocycles. The predicted molar refractivity (Wildman–Crippen MR) is 122 cm³/mol. The minimum Gasteiger partial charge on any atom is -0.494 e. The van der Waals surface area contributed by atoms with Gasteiger partial charge in [0, 0.05) is 24.0 Å². The van der Waals surface area contributed by atoms with Gasteiger partial charge in [0.1, 0.15) is 0 Å². The van der Waals surface area contributed by atoms with Crippen LogP contribution in [0.5, 0.6) is 5.88 Å². The molecule has 0 spiro atoms. The Morgan fingerprint density at radius 3 is 2.57 bits per heavy atom. The van der Waals surface area contributed by atoms with Crippen LogP contribution in [0.25, 0.3) is 6.08 Å². The van der Waals surface area contributed by atoms with Gasteiger partial charge in [0.15, 0.2) is 5.78 Å². The van der Waals surface area contributed by atoms with Crippen molar-refractivity contribution < 1.29 is 9.90 Å². The monoisotopic (exact) mass is 419 g/mol. The molecule has 0 atom stereocenters. The van der Waals surface area contributed by atoms with Gasteiger partial charge in [0.25, 0.3) is 0 Å². The van der Waals surface area contributed by atoms with Crippen LogP contribution < -0.4 is 4.87 Å². The maximum absolute atomic E-state index is 13.0. The van der Waals surface area contributed by atoms with Gasteiger partial charge in [-0.15, -0.1) is 0 Å². The number of aromatic hydroxyl groups is 1. The number of aryl methyl sites for hydroxylation is 1. The molecule has 2 aromatic carbocycles. The number of carbonyl (C=O) groups excluding carboxylic acids is 1. The third-order valence-corrected chi connectivity index (χ3v) is 6.43. The molecule has 4 nitrogen and oxygen atoms in total. The van der Waals surface area contributed by atoms with E-state index in [4.69, 9.17) is 0 Å². The number of rotatable bonds is 8. The van der Waals surface area contributed by atoms with E-state index in [2.05, 4.69) is 24.0 Å².